The molecule has 4 nitrogen and oxygen atoms in total. The fourth-order valence-electron chi connectivity index (χ4n) is 2.87. The quantitative estimate of drug-likeness (QED) is 0.617. The number of carbonyl (C=O) groups excluding carboxylic acids is 1. The molecular formula is C17H33Cl2N3O. The maximum atomic E-state index is 12.2. The number of hydrogen-bond acceptors (Lipinski definition) is 3. The van der Waals surface area contributed by atoms with Crippen molar-refractivity contribution in [3.8, 4) is 0 Å². The summed E-state index contributed by atoms with van der Waals surface area (Å²) in [6, 6.07) is 0.285. The largest absolute Gasteiger partial charge is 0.353 e. The van der Waals surface area contributed by atoms with Crippen molar-refractivity contribution in [1.29, 1.82) is 0 Å². The van der Waals surface area contributed by atoms with E-state index in [1.54, 1.807) is 0 Å². The third-order valence-corrected chi connectivity index (χ3v) is 4.08. The van der Waals surface area contributed by atoms with Crippen molar-refractivity contribution >= 4 is 30.7 Å². The monoisotopic (exact) mass is 365 g/mol. The molecule has 1 rings (SSSR count). The third kappa shape index (κ3) is 8.75. The van der Waals surface area contributed by atoms with Crippen LogP contribution in [0.4, 0.5) is 0 Å². The number of nitrogens with one attached hydrogen (secondary N) is 2. The molecular weight excluding hydrogens is 333 g/mol. The Bertz CT molecular complexity index is 335. The maximum absolute atomic E-state index is 12.2. The van der Waals surface area contributed by atoms with Gasteiger partial charge in [-0.3, -0.25) is 9.69 Å². The van der Waals surface area contributed by atoms with Gasteiger partial charge in [0.15, 0.2) is 0 Å². The van der Waals surface area contributed by atoms with Gasteiger partial charge in [-0.1, -0.05) is 32.4 Å². The summed E-state index contributed by atoms with van der Waals surface area (Å²) in [6.45, 7) is 15.3. The molecule has 23 heavy (non-hydrogen) atoms. The van der Waals surface area contributed by atoms with Gasteiger partial charge in [-0.25, -0.2) is 0 Å². The summed E-state index contributed by atoms with van der Waals surface area (Å²) in [6.07, 6.45) is 7.07. The molecule has 1 aliphatic rings. The molecule has 0 aromatic carbocycles. The second-order valence-corrected chi connectivity index (χ2v) is 6.09. The molecule has 6 heteroatoms. The number of nitrogens with zero attached hydrogens (tertiary/aromatic N) is 1. The number of rotatable bonds is 9. The lowest BCUT2D eigenvalue weighted by Crippen LogP contribution is -2.52. The zero-order chi connectivity index (χ0) is 15.7. The maximum Gasteiger partial charge on any atom is 0.237 e. The van der Waals surface area contributed by atoms with Crippen LogP contribution in [0, 0.1) is 5.92 Å². The van der Waals surface area contributed by atoms with Crippen LogP contribution >= 0.6 is 24.8 Å². The first kappa shape index (κ1) is 24.7. The lowest BCUT2D eigenvalue weighted by molar-refractivity contribution is -0.124. The molecule has 1 unspecified atom stereocenters. The second kappa shape index (κ2) is 13.8. The summed E-state index contributed by atoms with van der Waals surface area (Å²) in [5.74, 6) is 0.599. The highest BCUT2D eigenvalue weighted by molar-refractivity contribution is 5.85. The van der Waals surface area contributed by atoms with E-state index in [0.29, 0.717) is 18.5 Å². The summed E-state index contributed by atoms with van der Waals surface area (Å²) in [5.41, 5.74) is 0. The SMILES string of the molecule is C=CCN(CC=C)C(CNC(=O)[C@H]1CCCCN1)C(C)C.Cl.Cl. The average molecular weight is 366 g/mol. The molecule has 0 aromatic heterocycles. The van der Waals surface area contributed by atoms with Gasteiger partial charge in [0.2, 0.25) is 5.91 Å². The minimum absolute atomic E-state index is 0. The molecule has 0 spiro atoms. The van der Waals surface area contributed by atoms with E-state index in [1.165, 1.54) is 6.42 Å². The van der Waals surface area contributed by atoms with Crippen molar-refractivity contribution in [1.82, 2.24) is 15.5 Å². The Balaban J connectivity index is 0. The molecule has 0 aliphatic carbocycles. The molecule has 2 atom stereocenters. The molecule has 136 valence electrons. The molecule has 1 fully saturated rings. The second-order valence-electron chi connectivity index (χ2n) is 6.09. The van der Waals surface area contributed by atoms with Crippen LogP contribution in [0.3, 0.4) is 0 Å². The topological polar surface area (TPSA) is 44.4 Å². The van der Waals surface area contributed by atoms with Crippen LogP contribution in [-0.2, 0) is 4.79 Å². The number of hydrogen-bond donors (Lipinski definition) is 2. The Morgan fingerprint density at radius 2 is 1.87 bits per heavy atom. The van der Waals surface area contributed by atoms with Crippen LogP contribution < -0.4 is 10.6 Å². The minimum atomic E-state index is -0.0150. The fraction of sp³-hybridized carbons (Fsp3) is 0.706. The molecule has 1 saturated heterocycles. The lowest BCUT2D eigenvalue weighted by Gasteiger charge is -2.33. The van der Waals surface area contributed by atoms with Crippen molar-refractivity contribution in [2.75, 3.05) is 26.2 Å². The highest BCUT2D eigenvalue weighted by Crippen LogP contribution is 2.11. The lowest BCUT2D eigenvalue weighted by atomic mass is 10.0. The molecule has 0 aromatic rings. The summed E-state index contributed by atoms with van der Waals surface area (Å²) in [4.78, 5) is 14.5. The van der Waals surface area contributed by atoms with Gasteiger partial charge in [0, 0.05) is 25.7 Å². The first-order valence-electron chi connectivity index (χ1n) is 8.07. The zero-order valence-electron chi connectivity index (χ0n) is 14.4. The van der Waals surface area contributed by atoms with Crippen molar-refractivity contribution in [2.24, 2.45) is 5.92 Å². The summed E-state index contributed by atoms with van der Waals surface area (Å²) < 4.78 is 0. The molecule has 1 amide bonds. The van der Waals surface area contributed by atoms with Gasteiger partial charge in [-0.15, -0.1) is 38.0 Å². The normalized spacial score (nSPS) is 18.5. The van der Waals surface area contributed by atoms with Gasteiger partial charge in [0.05, 0.1) is 6.04 Å². The predicted molar refractivity (Wildman–Crippen MR) is 104 cm³/mol. The standard InChI is InChI=1S/C17H31N3O.2ClH/c1-5-11-20(12-6-2)16(14(3)4)13-19-17(21)15-9-7-8-10-18-15;;/h5-6,14-16,18H,1-2,7-13H2,3-4H3,(H,19,21);2*1H/t15-,16?;;/m1../s1. The highest BCUT2D eigenvalue weighted by atomic mass is 35.5. The third-order valence-electron chi connectivity index (χ3n) is 4.08. The van der Waals surface area contributed by atoms with Crippen LogP contribution in [-0.4, -0.2) is 49.1 Å². The summed E-state index contributed by atoms with van der Waals surface area (Å²) in [5, 5.41) is 6.41. The smallest absolute Gasteiger partial charge is 0.237 e. The van der Waals surface area contributed by atoms with Gasteiger partial charge in [0.25, 0.3) is 0 Å². The molecule has 0 radical (unpaired) electrons. The number of carbonyl (C=O) groups is 1. The Morgan fingerprint density at radius 1 is 1.26 bits per heavy atom. The number of piperidine rings is 1. The van der Waals surface area contributed by atoms with Crippen LogP contribution in [0.5, 0.6) is 0 Å². The Morgan fingerprint density at radius 3 is 2.30 bits per heavy atom. The number of amides is 1. The van der Waals surface area contributed by atoms with Gasteiger partial charge in [0.1, 0.15) is 0 Å². The van der Waals surface area contributed by atoms with Crippen molar-refractivity contribution < 1.29 is 4.79 Å². The molecule has 1 aliphatic heterocycles. The highest BCUT2D eigenvalue weighted by Gasteiger charge is 2.24. The van der Waals surface area contributed by atoms with Crippen molar-refractivity contribution in [3.05, 3.63) is 25.3 Å². The van der Waals surface area contributed by atoms with Gasteiger partial charge in [-0.05, 0) is 25.3 Å². The number of halogens is 2. The van der Waals surface area contributed by atoms with Gasteiger partial charge < -0.3 is 10.6 Å². The van der Waals surface area contributed by atoms with E-state index in [0.717, 1.165) is 32.5 Å². The van der Waals surface area contributed by atoms with Crippen molar-refractivity contribution in [3.63, 3.8) is 0 Å². The van der Waals surface area contributed by atoms with Crippen LogP contribution in [0.2, 0.25) is 0 Å². The van der Waals surface area contributed by atoms with Crippen molar-refractivity contribution in [2.45, 2.75) is 45.2 Å². The summed E-state index contributed by atoms with van der Waals surface area (Å²) >= 11 is 0. The Hall–Kier alpha value is -0.550. The van der Waals surface area contributed by atoms with Crippen LogP contribution in [0.25, 0.3) is 0 Å². The van der Waals surface area contributed by atoms with Gasteiger partial charge >= 0.3 is 0 Å². The van der Waals surface area contributed by atoms with E-state index in [2.05, 4.69) is 42.5 Å². The fourth-order valence-corrected chi connectivity index (χ4v) is 2.87. The first-order chi connectivity index (χ1) is 10.1. The molecule has 1 heterocycles. The predicted octanol–water partition coefficient (Wildman–Crippen LogP) is 2.79. The van der Waals surface area contributed by atoms with Gasteiger partial charge in [-0.2, -0.15) is 0 Å². The van der Waals surface area contributed by atoms with E-state index in [9.17, 15) is 4.79 Å². The van der Waals surface area contributed by atoms with E-state index < -0.39 is 0 Å². The average Bonchev–Trinajstić information content (AvgIpc) is 2.48. The Kier molecular flexibility index (Phi) is 14.9. The Labute approximate surface area is 154 Å². The minimum Gasteiger partial charge on any atom is -0.353 e. The van der Waals surface area contributed by atoms with Crippen LogP contribution in [0.15, 0.2) is 25.3 Å². The van der Waals surface area contributed by atoms with E-state index >= 15 is 0 Å². The van der Waals surface area contributed by atoms with E-state index in [4.69, 9.17) is 0 Å². The van der Waals surface area contributed by atoms with Crippen LogP contribution in [0.1, 0.15) is 33.1 Å². The molecule has 0 saturated carbocycles. The molecule has 0 bridgehead atoms. The van der Waals surface area contributed by atoms with E-state index in [1.807, 2.05) is 12.2 Å². The first-order valence-corrected chi connectivity index (χ1v) is 8.07. The summed E-state index contributed by atoms with van der Waals surface area (Å²) in [7, 11) is 0. The van der Waals surface area contributed by atoms with E-state index in [-0.39, 0.29) is 36.8 Å². The zero-order valence-corrected chi connectivity index (χ0v) is 16.1. The molecule has 2 N–H and O–H groups in total.